The Balaban J connectivity index is 2.13. The van der Waals surface area contributed by atoms with Gasteiger partial charge in [-0.2, -0.15) is 0 Å². The third kappa shape index (κ3) is 1.82. The molecule has 0 aromatic carbocycles. The molecule has 1 aromatic heterocycles. The molecule has 0 unspecified atom stereocenters. The summed E-state index contributed by atoms with van der Waals surface area (Å²) in [7, 11) is 0. The third-order valence-corrected chi connectivity index (χ3v) is 3.61. The first kappa shape index (κ1) is 10.1. The minimum absolute atomic E-state index is 0.271. The van der Waals surface area contributed by atoms with Gasteiger partial charge in [-0.15, -0.1) is 11.3 Å². The Morgan fingerprint density at radius 1 is 1.71 bits per heavy atom. The van der Waals surface area contributed by atoms with E-state index in [-0.39, 0.29) is 6.04 Å². The Bertz CT molecular complexity index is 271. The predicted molar refractivity (Wildman–Crippen MR) is 59.3 cm³/mol. The number of rotatable bonds is 3. The van der Waals surface area contributed by atoms with Crippen molar-refractivity contribution in [3.8, 4) is 0 Å². The van der Waals surface area contributed by atoms with Gasteiger partial charge >= 0.3 is 0 Å². The van der Waals surface area contributed by atoms with Crippen LogP contribution in [0.3, 0.4) is 0 Å². The molecule has 1 aliphatic heterocycles. The van der Waals surface area contributed by atoms with Gasteiger partial charge < -0.3 is 5.73 Å². The van der Waals surface area contributed by atoms with E-state index in [2.05, 4.69) is 16.8 Å². The van der Waals surface area contributed by atoms with Crippen LogP contribution in [0.1, 0.15) is 30.8 Å². The molecule has 3 nitrogen and oxygen atoms in total. The zero-order valence-electron chi connectivity index (χ0n) is 8.52. The van der Waals surface area contributed by atoms with Crippen LogP contribution < -0.4 is 5.73 Å². The van der Waals surface area contributed by atoms with Crippen molar-refractivity contribution in [2.45, 2.75) is 31.8 Å². The van der Waals surface area contributed by atoms with Crippen molar-refractivity contribution in [2.24, 2.45) is 5.73 Å². The molecule has 0 aliphatic carbocycles. The lowest BCUT2D eigenvalue weighted by Gasteiger charge is -2.24. The Hall–Kier alpha value is -0.450. The highest BCUT2D eigenvalue weighted by atomic mass is 32.1. The molecule has 0 saturated carbocycles. The van der Waals surface area contributed by atoms with E-state index in [0.717, 1.165) is 19.5 Å². The molecular formula is C10H17N3S. The van der Waals surface area contributed by atoms with Crippen LogP contribution >= 0.6 is 11.3 Å². The molecule has 2 rings (SSSR count). The highest BCUT2D eigenvalue weighted by Crippen LogP contribution is 2.31. The first-order chi connectivity index (χ1) is 6.83. The molecular weight excluding hydrogens is 194 g/mol. The monoisotopic (exact) mass is 211 g/mol. The molecule has 4 heteroatoms. The molecule has 0 bridgehead atoms. The van der Waals surface area contributed by atoms with Crippen LogP contribution in [0.2, 0.25) is 0 Å². The summed E-state index contributed by atoms with van der Waals surface area (Å²) in [5.74, 6) is 0. The molecule has 0 amide bonds. The van der Waals surface area contributed by atoms with Crippen molar-refractivity contribution in [3.63, 3.8) is 0 Å². The standard InChI is InChI=1S/C10H17N3S/c1-2-5-13-6-3-8(11)9(13)10-12-4-7-14-10/h4,7-9H,2-3,5-6,11H2,1H3/t8-,9-/m0/s1. The number of hydrogen-bond donors (Lipinski definition) is 1. The van der Waals surface area contributed by atoms with Crippen LogP contribution in [0, 0.1) is 0 Å². The first-order valence-electron chi connectivity index (χ1n) is 5.22. The summed E-state index contributed by atoms with van der Waals surface area (Å²) in [5.41, 5.74) is 6.12. The molecule has 1 aliphatic rings. The van der Waals surface area contributed by atoms with E-state index in [1.165, 1.54) is 11.4 Å². The smallest absolute Gasteiger partial charge is 0.111 e. The Labute approximate surface area is 88.9 Å². The molecule has 78 valence electrons. The molecule has 2 N–H and O–H groups in total. The zero-order valence-corrected chi connectivity index (χ0v) is 9.33. The van der Waals surface area contributed by atoms with Gasteiger partial charge in [-0.05, 0) is 19.4 Å². The highest BCUT2D eigenvalue weighted by Gasteiger charge is 2.33. The number of aromatic nitrogens is 1. The lowest BCUT2D eigenvalue weighted by Crippen LogP contribution is -2.32. The van der Waals surface area contributed by atoms with E-state index in [4.69, 9.17) is 5.73 Å². The van der Waals surface area contributed by atoms with Crippen LogP contribution in [0.4, 0.5) is 0 Å². The molecule has 14 heavy (non-hydrogen) atoms. The van der Waals surface area contributed by atoms with Crippen molar-refractivity contribution in [3.05, 3.63) is 16.6 Å². The average Bonchev–Trinajstić information content (AvgIpc) is 2.76. The minimum atomic E-state index is 0.271. The van der Waals surface area contributed by atoms with E-state index in [9.17, 15) is 0 Å². The van der Waals surface area contributed by atoms with Crippen molar-refractivity contribution in [1.29, 1.82) is 0 Å². The maximum Gasteiger partial charge on any atom is 0.111 e. The summed E-state index contributed by atoms with van der Waals surface area (Å²) in [4.78, 5) is 6.84. The van der Waals surface area contributed by atoms with Crippen LogP contribution in [-0.2, 0) is 0 Å². The minimum Gasteiger partial charge on any atom is -0.326 e. The van der Waals surface area contributed by atoms with Gasteiger partial charge in [0.2, 0.25) is 0 Å². The van der Waals surface area contributed by atoms with E-state index < -0.39 is 0 Å². The fourth-order valence-corrected chi connectivity index (χ4v) is 2.99. The fourth-order valence-electron chi connectivity index (χ4n) is 2.14. The number of hydrogen-bond acceptors (Lipinski definition) is 4. The van der Waals surface area contributed by atoms with Gasteiger partial charge in [0, 0.05) is 24.2 Å². The first-order valence-corrected chi connectivity index (χ1v) is 6.10. The molecule has 2 atom stereocenters. The van der Waals surface area contributed by atoms with Crippen molar-refractivity contribution in [1.82, 2.24) is 9.88 Å². The van der Waals surface area contributed by atoms with Crippen LogP contribution in [-0.4, -0.2) is 29.0 Å². The summed E-state index contributed by atoms with van der Waals surface area (Å²) in [5, 5.41) is 3.22. The zero-order chi connectivity index (χ0) is 9.97. The fraction of sp³-hybridized carbons (Fsp3) is 0.700. The van der Waals surface area contributed by atoms with Crippen LogP contribution in [0.15, 0.2) is 11.6 Å². The van der Waals surface area contributed by atoms with E-state index in [0.29, 0.717) is 6.04 Å². The maximum absolute atomic E-state index is 6.12. The quantitative estimate of drug-likeness (QED) is 0.826. The summed E-state index contributed by atoms with van der Waals surface area (Å²) in [6.07, 6.45) is 4.16. The second kappa shape index (κ2) is 4.38. The van der Waals surface area contributed by atoms with Crippen LogP contribution in [0.5, 0.6) is 0 Å². The van der Waals surface area contributed by atoms with Crippen molar-refractivity contribution in [2.75, 3.05) is 13.1 Å². The van der Waals surface area contributed by atoms with Gasteiger partial charge in [-0.3, -0.25) is 4.90 Å². The van der Waals surface area contributed by atoms with E-state index >= 15 is 0 Å². The number of thiazole rings is 1. The largest absolute Gasteiger partial charge is 0.326 e. The SMILES string of the molecule is CCCN1CC[C@H](N)[C@H]1c1nccs1. The second-order valence-corrected chi connectivity index (χ2v) is 4.73. The van der Waals surface area contributed by atoms with Gasteiger partial charge in [0.05, 0.1) is 6.04 Å². The van der Waals surface area contributed by atoms with E-state index in [1.54, 1.807) is 11.3 Å². The normalized spacial score (nSPS) is 28.4. The molecule has 1 aromatic rings. The molecule has 0 spiro atoms. The highest BCUT2D eigenvalue weighted by molar-refractivity contribution is 7.09. The average molecular weight is 211 g/mol. The van der Waals surface area contributed by atoms with Crippen LogP contribution in [0.25, 0.3) is 0 Å². The lowest BCUT2D eigenvalue weighted by atomic mass is 10.1. The summed E-state index contributed by atoms with van der Waals surface area (Å²) in [6.45, 7) is 4.47. The topological polar surface area (TPSA) is 42.1 Å². The third-order valence-electron chi connectivity index (χ3n) is 2.76. The maximum atomic E-state index is 6.12. The Kier molecular flexibility index (Phi) is 3.15. The van der Waals surface area contributed by atoms with Gasteiger partial charge in [-0.25, -0.2) is 4.98 Å². The van der Waals surface area contributed by atoms with Gasteiger partial charge in [0.1, 0.15) is 5.01 Å². The molecule has 2 heterocycles. The molecule has 1 saturated heterocycles. The van der Waals surface area contributed by atoms with Gasteiger partial charge in [0.15, 0.2) is 0 Å². The summed E-state index contributed by atoms with van der Waals surface area (Å²) >= 11 is 1.72. The van der Waals surface area contributed by atoms with Gasteiger partial charge in [0.25, 0.3) is 0 Å². The number of likely N-dealkylation sites (tertiary alicyclic amines) is 1. The summed E-state index contributed by atoms with van der Waals surface area (Å²) in [6, 6.07) is 0.641. The number of nitrogens with zero attached hydrogens (tertiary/aromatic N) is 2. The Morgan fingerprint density at radius 2 is 2.57 bits per heavy atom. The Morgan fingerprint density at radius 3 is 3.21 bits per heavy atom. The van der Waals surface area contributed by atoms with Gasteiger partial charge in [-0.1, -0.05) is 6.92 Å². The molecule has 1 fully saturated rings. The lowest BCUT2D eigenvalue weighted by molar-refractivity contribution is 0.248. The predicted octanol–water partition coefficient (Wildman–Crippen LogP) is 1.63. The summed E-state index contributed by atoms with van der Waals surface area (Å²) < 4.78 is 0. The second-order valence-electron chi connectivity index (χ2n) is 3.80. The molecule has 0 radical (unpaired) electrons. The van der Waals surface area contributed by atoms with Crippen molar-refractivity contribution < 1.29 is 0 Å². The van der Waals surface area contributed by atoms with Crippen molar-refractivity contribution >= 4 is 11.3 Å². The van der Waals surface area contributed by atoms with E-state index in [1.807, 2.05) is 11.6 Å². The number of nitrogens with two attached hydrogens (primary N) is 1.